The number of rotatable bonds is 50. The maximum Gasteiger partial charge on any atom is 0.305 e. The predicted molar refractivity (Wildman–Crippen MR) is 264 cm³/mol. The molecule has 0 aromatic rings. The van der Waals surface area contributed by atoms with Crippen LogP contribution in [0.1, 0.15) is 290 Å². The molecule has 0 bridgehead atoms. The first-order valence-electron chi connectivity index (χ1n) is 27.1. The average molecular weight is 860 g/mol. The number of nitrogens with one attached hydrogen (secondary N) is 1. The van der Waals surface area contributed by atoms with Crippen molar-refractivity contribution in [1.82, 2.24) is 5.32 Å². The fourth-order valence-electron chi connectivity index (χ4n) is 8.27. The molecule has 0 aromatic carbocycles. The van der Waals surface area contributed by atoms with Gasteiger partial charge in [0.25, 0.3) is 0 Å². The van der Waals surface area contributed by atoms with Crippen LogP contribution in [0.15, 0.2) is 24.3 Å². The summed E-state index contributed by atoms with van der Waals surface area (Å²) in [7, 11) is 0. The first-order valence-corrected chi connectivity index (χ1v) is 27.1. The van der Waals surface area contributed by atoms with E-state index < -0.39 is 12.1 Å². The third-order valence-corrected chi connectivity index (χ3v) is 12.5. The largest absolute Gasteiger partial charge is 0.466 e. The van der Waals surface area contributed by atoms with Gasteiger partial charge in [0.05, 0.1) is 25.4 Å². The lowest BCUT2D eigenvalue weighted by molar-refractivity contribution is -0.143. The molecule has 0 aliphatic carbocycles. The Labute approximate surface area is 380 Å². The Morgan fingerprint density at radius 3 is 1.16 bits per heavy atom. The molecule has 61 heavy (non-hydrogen) atoms. The third-order valence-electron chi connectivity index (χ3n) is 12.5. The molecule has 0 saturated carbocycles. The summed E-state index contributed by atoms with van der Waals surface area (Å²) in [5, 5.41) is 23.1. The highest BCUT2D eigenvalue weighted by Crippen LogP contribution is 2.16. The minimum Gasteiger partial charge on any atom is -0.466 e. The molecule has 2 atom stereocenters. The first-order chi connectivity index (χ1) is 30.0. The van der Waals surface area contributed by atoms with Crippen LogP contribution in [-0.4, -0.2) is 47.4 Å². The number of hydrogen-bond donors (Lipinski definition) is 3. The van der Waals surface area contributed by atoms with Crippen molar-refractivity contribution >= 4 is 11.9 Å². The summed E-state index contributed by atoms with van der Waals surface area (Å²) in [4.78, 5) is 24.4. The number of amides is 1. The first kappa shape index (κ1) is 59.3. The number of carbonyl (C=O) groups excluding carboxylic acids is 2. The van der Waals surface area contributed by atoms with Crippen molar-refractivity contribution in [2.24, 2.45) is 0 Å². The zero-order chi connectivity index (χ0) is 44.4. The second kappa shape index (κ2) is 51.0. The van der Waals surface area contributed by atoms with E-state index in [1.54, 1.807) is 6.08 Å². The van der Waals surface area contributed by atoms with E-state index in [0.29, 0.717) is 19.4 Å². The Morgan fingerprint density at radius 2 is 0.770 bits per heavy atom. The molecule has 0 heterocycles. The highest BCUT2D eigenvalue weighted by atomic mass is 16.5. The second-order valence-corrected chi connectivity index (χ2v) is 18.6. The monoisotopic (exact) mass is 860 g/mol. The summed E-state index contributed by atoms with van der Waals surface area (Å²) in [6.07, 6.45) is 60.4. The molecule has 0 fully saturated rings. The van der Waals surface area contributed by atoms with Crippen molar-refractivity contribution in [2.45, 2.75) is 302 Å². The highest BCUT2D eigenvalue weighted by Gasteiger charge is 2.18. The van der Waals surface area contributed by atoms with E-state index in [1.165, 1.54) is 205 Å². The van der Waals surface area contributed by atoms with Crippen LogP contribution < -0.4 is 5.32 Å². The lowest BCUT2D eigenvalue weighted by atomic mass is 10.0. The van der Waals surface area contributed by atoms with Gasteiger partial charge < -0.3 is 20.3 Å². The Kier molecular flexibility index (Phi) is 49.6. The number of aliphatic hydroxyl groups is 2. The van der Waals surface area contributed by atoms with E-state index in [4.69, 9.17) is 4.74 Å². The molecule has 0 aromatic heterocycles. The summed E-state index contributed by atoms with van der Waals surface area (Å²) < 4.78 is 5.45. The highest BCUT2D eigenvalue weighted by molar-refractivity contribution is 5.76. The van der Waals surface area contributed by atoms with Crippen LogP contribution in [0.2, 0.25) is 0 Å². The minimum atomic E-state index is -0.852. The molecule has 6 nitrogen and oxygen atoms in total. The topological polar surface area (TPSA) is 95.9 Å². The van der Waals surface area contributed by atoms with Gasteiger partial charge in [0.2, 0.25) is 5.91 Å². The molecule has 0 aliphatic rings. The van der Waals surface area contributed by atoms with E-state index in [2.05, 4.69) is 31.3 Å². The fourth-order valence-corrected chi connectivity index (χ4v) is 8.27. The standard InChI is InChI=1S/C55H105NO5/c1-3-5-7-9-11-13-15-16-21-24-28-31-35-39-43-47-53(58)52(51-57)56-54(59)48-44-40-36-32-29-25-22-19-17-18-20-23-26-30-34-38-42-46-50-61-55(60)49-45-41-37-33-27-14-12-10-8-6-4-2/h19,22,43,47,52-53,57-58H,3-18,20-21,23-42,44-46,48-51H2,1-2H3,(H,56,59)/b22-19-,47-43+. The fraction of sp³-hybridized carbons (Fsp3) is 0.891. The van der Waals surface area contributed by atoms with Gasteiger partial charge in [-0.15, -0.1) is 0 Å². The van der Waals surface area contributed by atoms with Crippen LogP contribution in [0.25, 0.3) is 0 Å². The number of hydrogen-bond acceptors (Lipinski definition) is 5. The van der Waals surface area contributed by atoms with Gasteiger partial charge in [0.15, 0.2) is 0 Å². The quantitative estimate of drug-likeness (QED) is 0.0322. The molecule has 0 aliphatic heterocycles. The van der Waals surface area contributed by atoms with E-state index in [0.717, 1.165) is 57.8 Å². The van der Waals surface area contributed by atoms with Crippen molar-refractivity contribution in [1.29, 1.82) is 0 Å². The van der Waals surface area contributed by atoms with Gasteiger partial charge in [-0.25, -0.2) is 0 Å². The van der Waals surface area contributed by atoms with Crippen molar-refractivity contribution in [3.05, 3.63) is 24.3 Å². The van der Waals surface area contributed by atoms with Gasteiger partial charge >= 0.3 is 5.97 Å². The number of unbranched alkanes of at least 4 members (excludes halogenated alkanes) is 37. The van der Waals surface area contributed by atoms with Gasteiger partial charge in [0.1, 0.15) is 0 Å². The summed E-state index contributed by atoms with van der Waals surface area (Å²) in [5.74, 6) is -0.0800. The number of carbonyl (C=O) groups is 2. The van der Waals surface area contributed by atoms with E-state index in [1.807, 2.05) is 6.08 Å². The SMILES string of the molecule is CCCCCCCCCCCCCCC/C=C/C(O)C(CO)NC(=O)CCCCCCC/C=C\CCCCCCCCCCCOC(=O)CCCCCCCCCCCCC. The Hall–Kier alpha value is -1.66. The Bertz CT molecular complexity index is 951. The molecule has 0 spiro atoms. The molecule has 0 rings (SSSR count). The van der Waals surface area contributed by atoms with Crippen LogP contribution in [0.3, 0.4) is 0 Å². The maximum atomic E-state index is 12.4. The van der Waals surface area contributed by atoms with Crippen molar-refractivity contribution in [3.63, 3.8) is 0 Å². The molecule has 0 saturated heterocycles. The molecule has 0 radical (unpaired) electrons. The third kappa shape index (κ3) is 47.7. The zero-order valence-corrected chi connectivity index (χ0v) is 40.9. The van der Waals surface area contributed by atoms with Gasteiger partial charge in [-0.2, -0.15) is 0 Å². The van der Waals surface area contributed by atoms with Gasteiger partial charge in [-0.1, -0.05) is 244 Å². The summed E-state index contributed by atoms with van der Waals surface area (Å²) in [5.41, 5.74) is 0. The molecule has 6 heteroatoms. The van der Waals surface area contributed by atoms with E-state index >= 15 is 0 Å². The van der Waals surface area contributed by atoms with Crippen LogP contribution in [0.4, 0.5) is 0 Å². The van der Waals surface area contributed by atoms with Crippen LogP contribution in [0.5, 0.6) is 0 Å². The predicted octanol–water partition coefficient (Wildman–Crippen LogP) is 16.3. The van der Waals surface area contributed by atoms with Crippen molar-refractivity contribution in [2.75, 3.05) is 13.2 Å². The van der Waals surface area contributed by atoms with Gasteiger partial charge in [-0.3, -0.25) is 9.59 Å². The average Bonchev–Trinajstić information content (AvgIpc) is 3.26. The van der Waals surface area contributed by atoms with Gasteiger partial charge in [0, 0.05) is 12.8 Å². The van der Waals surface area contributed by atoms with Gasteiger partial charge in [-0.05, 0) is 57.8 Å². The Balaban J connectivity index is 3.49. The molecular weight excluding hydrogens is 755 g/mol. The summed E-state index contributed by atoms with van der Waals surface area (Å²) in [6.45, 7) is 4.89. The molecule has 1 amide bonds. The lowest BCUT2D eigenvalue weighted by Gasteiger charge is -2.20. The van der Waals surface area contributed by atoms with Crippen molar-refractivity contribution in [3.8, 4) is 0 Å². The second-order valence-electron chi connectivity index (χ2n) is 18.6. The lowest BCUT2D eigenvalue weighted by Crippen LogP contribution is -2.45. The maximum absolute atomic E-state index is 12.4. The van der Waals surface area contributed by atoms with E-state index in [-0.39, 0.29) is 18.5 Å². The normalized spacial score (nSPS) is 12.8. The Morgan fingerprint density at radius 1 is 0.443 bits per heavy atom. The minimum absolute atomic E-state index is 0.00163. The molecule has 360 valence electrons. The molecule has 2 unspecified atom stereocenters. The summed E-state index contributed by atoms with van der Waals surface area (Å²) in [6, 6.07) is -0.637. The number of ether oxygens (including phenoxy) is 1. The molecular formula is C55H105NO5. The molecule has 3 N–H and O–H groups in total. The number of esters is 1. The zero-order valence-electron chi connectivity index (χ0n) is 40.9. The number of allylic oxidation sites excluding steroid dienone is 3. The summed E-state index contributed by atoms with van der Waals surface area (Å²) >= 11 is 0. The van der Waals surface area contributed by atoms with Crippen molar-refractivity contribution < 1.29 is 24.5 Å². The van der Waals surface area contributed by atoms with E-state index in [9.17, 15) is 19.8 Å². The number of aliphatic hydroxyl groups excluding tert-OH is 2. The van der Waals surface area contributed by atoms with Crippen LogP contribution in [-0.2, 0) is 14.3 Å². The van der Waals surface area contributed by atoms with Crippen LogP contribution in [0, 0.1) is 0 Å². The smallest absolute Gasteiger partial charge is 0.305 e. The van der Waals surface area contributed by atoms with Crippen LogP contribution >= 0.6 is 0 Å².